The fourth-order valence-corrected chi connectivity index (χ4v) is 4.62. The van der Waals surface area contributed by atoms with Gasteiger partial charge in [0, 0.05) is 6.42 Å². The molecule has 3 aliphatic rings. The number of fused-ring (bicyclic) bond motifs is 1. The van der Waals surface area contributed by atoms with Crippen LogP contribution in [-0.2, 0) is 9.59 Å². The van der Waals surface area contributed by atoms with E-state index in [-0.39, 0.29) is 30.0 Å². The van der Waals surface area contributed by atoms with E-state index in [2.05, 4.69) is 20.9 Å². The van der Waals surface area contributed by atoms with Crippen LogP contribution >= 0.6 is 0 Å². The molecule has 2 unspecified atom stereocenters. The predicted molar refractivity (Wildman–Crippen MR) is 107 cm³/mol. The van der Waals surface area contributed by atoms with Gasteiger partial charge in [-0.25, -0.2) is 4.68 Å². The molecule has 0 radical (unpaired) electrons. The normalized spacial score (nSPS) is 22.4. The summed E-state index contributed by atoms with van der Waals surface area (Å²) in [5.74, 6) is -1.64. The number of nitrogens with zero attached hydrogens (tertiary/aromatic N) is 4. The van der Waals surface area contributed by atoms with Crippen molar-refractivity contribution in [2.45, 2.75) is 44.2 Å². The third kappa shape index (κ3) is 3.05. The van der Waals surface area contributed by atoms with Crippen LogP contribution in [0.5, 0.6) is 0 Å². The van der Waals surface area contributed by atoms with Crippen molar-refractivity contribution < 1.29 is 19.2 Å². The van der Waals surface area contributed by atoms with Gasteiger partial charge in [-0.3, -0.25) is 29.4 Å². The number of hydrogen-bond donors (Lipinski definition) is 2. The number of amides is 4. The minimum absolute atomic E-state index is 0.0790. The Kier molecular flexibility index (Phi) is 4.66. The molecule has 2 atom stereocenters. The molecule has 1 saturated carbocycles. The number of hydrogen-bond acceptors (Lipinski definition) is 7. The van der Waals surface area contributed by atoms with Gasteiger partial charge in [0.15, 0.2) is 0 Å². The Labute approximate surface area is 178 Å². The zero-order chi connectivity index (χ0) is 21.7. The minimum Gasteiger partial charge on any atom is -0.311 e. The van der Waals surface area contributed by atoms with Crippen LogP contribution in [0.25, 0.3) is 5.69 Å². The average Bonchev–Trinajstić information content (AvgIpc) is 3.29. The predicted octanol–water partition coefficient (Wildman–Crippen LogP) is 0.729. The molecular weight excluding hydrogens is 400 g/mol. The third-order valence-electron chi connectivity index (χ3n) is 6.45. The molecule has 2 aromatic rings. The van der Waals surface area contributed by atoms with Gasteiger partial charge < -0.3 is 5.32 Å². The molecule has 10 heteroatoms. The van der Waals surface area contributed by atoms with Crippen LogP contribution in [-0.4, -0.2) is 56.6 Å². The summed E-state index contributed by atoms with van der Waals surface area (Å²) < 4.78 is 1.51. The zero-order valence-electron chi connectivity index (χ0n) is 17.0. The summed E-state index contributed by atoms with van der Waals surface area (Å²) >= 11 is 0. The standard InChI is InChI=1S/C21H22N6O4/c1-22-18(11-4-2-5-11)13-10-26(25-24-13)14-7-3-6-12-17(14)21(31)27(20(12)30)15-8-9-16(28)23-19(15)29/h3,6-7,10-11,15,18,22H,2,4-5,8-9H2,1H3,(H,23,28,29). The monoisotopic (exact) mass is 422 g/mol. The second-order valence-electron chi connectivity index (χ2n) is 8.19. The average molecular weight is 422 g/mol. The number of benzene rings is 1. The molecular formula is C21H22N6O4. The summed E-state index contributed by atoms with van der Waals surface area (Å²) in [5, 5.41) is 14.0. The quantitative estimate of drug-likeness (QED) is 0.680. The first-order chi connectivity index (χ1) is 15.0. The van der Waals surface area contributed by atoms with Crippen LogP contribution in [0.4, 0.5) is 0 Å². The van der Waals surface area contributed by atoms with Crippen LogP contribution in [0.3, 0.4) is 0 Å². The van der Waals surface area contributed by atoms with Crippen LogP contribution in [0.2, 0.25) is 0 Å². The number of nitrogens with one attached hydrogen (secondary N) is 2. The van der Waals surface area contributed by atoms with E-state index in [9.17, 15) is 19.2 Å². The molecule has 0 bridgehead atoms. The van der Waals surface area contributed by atoms with E-state index in [1.807, 2.05) is 7.05 Å². The summed E-state index contributed by atoms with van der Waals surface area (Å²) in [6, 6.07) is 4.02. The number of aromatic nitrogens is 3. The molecule has 2 N–H and O–H groups in total. The van der Waals surface area contributed by atoms with Crippen LogP contribution in [0, 0.1) is 5.92 Å². The lowest BCUT2D eigenvalue weighted by Crippen LogP contribution is -2.54. The van der Waals surface area contributed by atoms with Crippen LogP contribution < -0.4 is 10.6 Å². The third-order valence-corrected chi connectivity index (χ3v) is 6.45. The fraction of sp³-hybridized carbons (Fsp3) is 0.429. The fourth-order valence-electron chi connectivity index (χ4n) is 4.62. The maximum Gasteiger partial charge on any atom is 0.264 e. The van der Waals surface area contributed by atoms with Crippen molar-refractivity contribution in [3.05, 3.63) is 41.2 Å². The second kappa shape index (κ2) is 7.38. The summed E-state index contributed by atoms with van der Waals surface area (Å²) in [4.78, 5) is 51.0. The Bertz CT molecular complexity index is 1110. The molecule has 4 amide bonds. The van der Waals surface area contributed by atoms with Crippen molar-refractivity contribution in [3.8, 4) is 5.69 Å². The Morgan fingerprint density at radius 3 is 2.61 bits per heavy atom. The molecule has 31 heavy (non-hydrogen) atoms. The van der Waals surface area contributed by atoms with Gasteiger partial charge in [0.2, 0.25) is 11.8 Å². The van der Waals surface area contributed by atoms with Gasteiger partial charge in [0.05, 0.1) is 29.1 Å². The lowest BCUT2D eigenvalue weighted by Gasteiger charge is -2.32. The molecule has 1 aromatic heterocycles. The van der Waals surface area contributed by atoms with Crippen LogP contribution in [0.1, 0.15) is 64.6 Å². The van der Waals surface area contributed by atoms with E-state index in [1.54, 1.807) is 24.4 Å². The SMILES string of the molecule is CNC(c1cn(-c2cccc3c2C(=O)N(C2CCC(=O)NC2=O)C3=O)nn1)C1CCC1. The Balaban J connectivity index is 1.49. The molecule has 3 heterocycles. The van der Waals surface area contributed by atoms with E-state index < -0.39 is 29.7 Å². The number of imide groups is 2. The lowest BCUT2D eigenvalue weighted by molar-refractivity contribution is -0.136. The molecule has 2 fully saturated rings. The highest BCUT2D eigenvalue weighted by atomic mass is 16.2. The minimum atomic E-state index is -1.00. The summed E-state index contributed by atoms with van der Waals surface area (Å²) in [6.07, 6.45) is 5.44. The van der Waals surface area contributed by atoms with E-state index in [1.165, 1.54) is 11.1 Å². The molecule has 5 rings (SSSR count). The van der Waals surface area contributed by atoms with Crippen molar-refractivity contribution in [3.63, 3.8) is 0 Å². The maximum atomic E-state index is 13.3. The lowest BCUT2D eigenvalue weighted by atomic mass is 9.79. The topological polar surface area (TPSA) is 126 Å². The largest absolute Gasteiger partial charge is 0.311 e. The summed E-state index contributed by atoms with van der Waals surface area (Å²) in [6.45, 7) is 0. The number of piperidine rings is 1. The van der Waals surface area contributed by atoms with Crippen LogP contribution in [0.15, 0.2) is 24.4 Å². The molecule has 160 valence electrons. The van der Waals surface area contributed by atoms with Crippen molar-refractivity contribution in [1.82, 2.24) is 30.5 Å². The van der Waals surface area contributed by atoms with Gasteiger partial charge in [-0.05, 0) is 44.4 Å². The summed E-state index contributed by atoms with van der Waals surface area (Å²) in [7, 11) is 1.89. The zero-order valence-corrected chi connectivity index (χ0v) is 17.0. The van der Waals surface area contributed by atoms with Gasteiger partial charge in [0.1, 0.15) is 11.7 Å². The smallest absolute Gasteiger partial charge is 0.264 e. The highest BCUT2D eigenvalue weighted by Gasteiger charge is 2.46. The Morgan fingerprint density at radius 1 is 1.13 bits per heavy atom. The Morgan fingerprint density at radius 2 is 1.94 bits per heavy atom. The van der Waals surface area contributed by atoms with Crippen molar-refractivity contribution in [2.75, 3.05) is 7.05 Å². The molecule has 2 aliphatic heterocycles. The first-order valence-electron chi connectivity index (χ1n) is 10.4. The van der Waals surface area contributed by atoms with Crippen molar-refractivity contribution >= 4 is 23.6 Å². The van der Waals surface area contributed by atoms with Gasteiger partial charge >= 0.3 is 0 Å². The van der Waals surface area contributed by atoms with Gasteiger partial charge in [0.25, 0.3) is 11.8 Å². The molecule has 1 aromatic carbocycles. The highest BCUT2D eigenvalue weighted by molar-refractivity contribution is 6.24. The summed E-state index contributed by atoms with van der Waals surface area (Å²) in [5.41, 5.74) is 1.63. The first-order valence-corrected chi connectivity index (χ1v) is 10.4. The van der Waals surface area contributed by atoms with Crippen molar-refractivity contribution in [1.29, 1.82) is 0 Å². The van der Waals surface area contributed by atoms with E-state index in [4.69, 9.17) is 0 Å². The van der Waals surface area contributed by atoms with Crippen molar-refractivity contribution in [2.24, 2.45) is 5.92 Å². The van der Waals surface area contributed by atoms with E-state index >= 15 is 0 Å². The maximum absolute atomic E-state index is 13.3. The van der Waals surface area contributed by atoms with Gasteiger partial charge in [-0.2, -0.15) is 0 Å². The van der Waals surface area contributed by atoms with Gasteiger partial charge in [-0.15, -0.1) is 5.10 Å². The molecule has 1 aliphatic carbocycles. The van der Waals surface area contributed by atoms with Gasteiger partial charge in [-0.1, -0.05) is 17.7 Å². The number of carbonyl (C=O) groups is 4. The highest BCUT2D eigenvalue weighted by Crippen LogP contribution is 2.37. The van der Waals surface area contributed by atoms with E-state index in [0.29, 0.717) is 11.6 Å². The molecule has 1 saturated heterocycles. The van der Waals surface area contributed by atoms with E-state index in [0.717, 1.165) is 23.4 Å². The number of rotatable bonds is 5. The second-order valence-corrected chi connectivity index (χ2v) is 8.19. The molecule has 10 nitrogen and oxygen atoms in total. The Hall–Kier alpha value is -3.40. The molecule has 0 spiro atoms. The number of carbonyl (C=O) groups excluding carboxylic acids is 4. The first kappa shape index (κ1) is 19.6.